The predicted octanol–water partition coefficient (Wildman–Crippen LogP) is 3.97. The summed E-state index contributed by atoms with van der Waals surface area (Å²) in [6.07, 6.45) is 7.63. The molecule has 0 bridgehead atoms. The molecule has 0 spiro atoms. The third-order valence-electron chi connectivity index (χ3n) is 8.26. The number of benzene rings is 2. The van der Waals surface area contributed by atoms with E-state index in [9.17, 15) is 0 Å². The fraction of sp³-hybridized carbons (Fsp3) is 0.571. The molecule has 5 heteroatoms. The van der Waals surface area contributed by atoms with Crippen LogP contribution >= 0.6 is 0 Å². The third kappa shape index (κ3) is 3.82. The number of hydrogen-bond donors (Lipinski definition) is 0. The van der Waals surface area contributed by atoms with Crippen LogP contribution in [-0.4, -0.2) is 58.2 Å². The van der Waals surface area contributed by atoms with Gasteiger partial charge in [0.25, 0.3) is 8.32 Å². The van der Waals surface area contributed by atoms with E-state index in [0.717, 1.165) is 13.0 Å². The van der Waals surface area contributed by atoms with Gasteiger partial charge in [0.05, 0.1) is 25.6 Å². The van der Waals surface area contributed by atoms with Crippen LogP contribution in [-0.2, 0) is 18.3 Å². The van der Waals surface area contributed by atoms with Gasteiger partial charge in [0, 0.05) is 13.0 Å². The minimum atomic E-state index is -2.48. The SMILES string of the molecule is CC(C)(C)[Si](OC[C@H]1O[C@@H]1CC1[C@H]2C[C@H]3OCCC[C@@H]3[O+]12)(c1ccccc1)c1ccccc1. The molecule has 4 aliphatic heterocycles. The summed E-state index contributed by atoms with van der Waals surface area (Å²) in [5, 5.41) is 2.68. The molecular weight excluding hydrogens is 428 g/mol. The molecule has 6 atom stereocenters. The Kier molecular flexibility index (Phi) is 5.54. The van der Waals surface area contributed by atoms with Gasteiger partial charge in [-0.3, -0.25) is 0 Å². The molecule has 2 aromatic rings. The van der Waals surface area contributed by atoms with Gasteiger partial charge in [-0.05, 0) is 21.8 Å². The van der Waals surface area contributed by atoms with Crippen molar-refractivity contribution in [2.24, 2.45) is 0 Å². The standard InChI is InChI=1S/C28H37O4Si/c1-28(2,3)33(20-11-6-4-7-12-20,21-13-8-5-9-14-21)30-19-24-22(31-24)17-26-27-18-23-25(32(26)27)15-10-16-29-23/h4-9,11-14,22-27H,10,15-19H2,1-3H3/q+1/t22-,23-,24-,25+,26?,27-/m1/s1. The molecule has 4 fully saturated rings. The minimum Gasteiger partial charge on any atom is -0.405 e. The van der Waals surface area contributed by atoms with E-state index in [2.05, 4.69) is 85.8 Å². The van der Waals surface area contributed by atoms with Crippen LogP contribution in [0.4, 0.5) is 0 Å². The molecule has 4 heterocycles. The number of fused-ring (bicyclic) bond motifs is 3. The molecule has 176 valence electrons. The van der Waals surface area contributed by atoms with Gasteiger partial charge in [0.2, 0.25) is 12.2 Å². The van der Waals surface area contributed by atoms with E-state index in [4.69, 9.17) is 13.9 Å². The van der Waals surface area contributed by atoms with Gasteiger partial charge in [-0.1, -0.05) is 81.4 Å². The van der Waals surface area contributed by atoms with E-state index in [1.807, 2.05) is 0 Å². The molecule has 33 heavy (non-hydrogen) atoms. The van der Waals surface area contributed by atoms with Gasteiger partial charge < -0.3 is 18.3 Å². The molecule has 0 radical (unpaired) electrons. The fourth-order valence-corrected chi connectivity index (χ4v) is 11.2. The first-order valence-corrected chi connectivity index (χ1v) is 14.6. The largest absolute Gasteiger partial charge is 0.405 e. The van der Waals surface area contributed by atoms with Crippen molar-refractivity contribution < 1.29 is 18.3 Å². The Morgan fingerprint density at radius 3 is 2.24 bits per heavy atom. The van der Waals surface area contributed by atoms with Gasteiger partial charge in [0.1, 0.15) is 12.2 Å². The minimum absolute atomic E-state index is 0.00512. The summed E-state index contributed by atoms with van der Waals surface area (Å²) in [5.41, 5.74) is 0. The lowest BCUT2D eigenvalue weighted by atomic mass is 10.00. The first-order valence-electron chi connectivity index (χ1n) is 12.7. The number of rotatable bonds is 7. The van der Waals surface area contributed by atoms with Crippen LogP contribution in [0.2, 0.25) is 5.04 Å². The summed E-state index contributed by atoms with van der Waals surface area (Å²) in [4.78, 5) is 0. The van der Waals surface area contributed by atoms with Crippen LogP contribution in [0.5, 0.6) is 0 Å². The van der Waals surface area contributed by atoms with E-state index in [1.165, 1.54) is 29.6 Å². The summed E-state index contributed by atoms with van der Waals surface area (Å²) in [5.74, 6) is 0. The molecule has 4 nitrogen and oxygen atoms in total. The van der Waals surface area contributed by atoms with Gasteiger partial charge in [-0.15, -0.1) is 0 Å². The van der Waals surface area contributed by atoms with Crippen molar-refractivity contribution in [3.05, 3.63) is 60.7 Å². The highest BCUT2D eigenvalue weighted by molar-refractivity contribution is 6.99. The Hall–Kier alpha value is -1.50. The molecule has 0 aliphatic carbocycles. The highest BCUT2D eigenvalue weighted by Crippen LogP contribution is 2.54. The average molecular weight is 466 g/mol. The van der Waals surface area contributed by atoms with Crippen LogP contribution in [0, 0.1) is 0 Å². The molecule has 4 saturated heterocycles. The van der Waals surface area contributed by atoms with Crippen molar-refractivity contribution in [3.8, 4) is 0 Å². The highest BCUT2D eigenvalue weighted by Gasteiger charge is 2.71. The van der Waals surface area contributed by atoms with Crippen LogP contribution in [0.3, 0.4) is 0 Å². The summed E-state index contributed by atoms with van der Waals surface area (Å²) >= 11 is 0. The molecule has 4 aliphatic rings. The van der Waals surface area contributed by atoms with E-state index in [1.54, 1.807) is 0 Å². The summed E-state index contributed by atoms with van der Waals surface area (Å²) in [7, 11) is -2.48. The number of hydrogen-bond acceptors (Lipinski definition) is 3. The first-order chi connectivity index (χ1) is 16.0. The second kappa shape index (κ2) is 8.31. The molecule has 6 rings (SSSR count). The molecule has 0 N–H and O–H groups in total. The van der Waals surface area contributed by atoms with Crippen molar-refractivity contribution in [1.82, 2.24) is 0 Å². The first kappa shape index (κ1) is 22.0. The van der Waals surface area contributed by atoms with Crippen LogP contribution in [0.25, 0.3) is 0 Å². The Morgan fingerprint density at radius 1 is 0.939 bits per heavy atom. The van der Waals surface area contributed by atoms with Crippen LogP contribution in [0.1, 0.15) is 46.5 Å². The zero-order chi connectivity index (χ0) is 22.6. The molecular formula is C28H37O4Si+. The quantitative estimate of drug-likeness (QED) is 0.352. The summed E-state index contributed by atoms with van der Waals surface area (Å²) < 4.78 is 22.9. The Balaban J connectivity index is 1.15. The van der Waals surface area contributed by atoms with Gasteiger partial charge in [-0.2, -0.15) is 0 Å². The van der Waals surface area contributed by atoms with Crippen LogP contribution in [0.15, 0.2) is 60.7 Å². The zero-order valence-corrected chi connectivity index (χ0v) is 21.1. The lowest BCUT2D eigenvalue weighted by molar-refractivity contribution is -0.115. The maximum Gasteiger partial charge on any atom is 0.261 e. The van der Waals surface area contributed by atoms with E-state index < -0.39 is 8.32 Å². The van der Waals surface area contributed by atoms with Crippen molar-refractivity contribution in [2.45, 2.75) is 88.1 Å². The third-order valence-corrected chi connectivity index (χ3v) is 13.3. The fourth-order valence-electron chi connectivity index (χ4n) is 6.60. The molecule has 0 aromatic heterocycles. The predicted molar refractivity (Wildman–Crippen MR) is 133 cm³/mol. The van der Waals surface area contributed by atoms with Gasteiger partial charge in [-0.25, -0.2) is 0 Å². The van der Waals surface area contributed by atoms with Gasteiger partial charge in [0.15, 0.2) is 6.10 Å². The molecule has 1 unspecified atom stereocenters. The normalized spacial score (nSPS) is 33.4. The van der Waals surface area contributed by atoms with E-state index in [0.29, 0.717) is 37.1 Å². The van der Waals surface area contributed by atoms with Crippen molar-refractivity contribution in [1.29, 1.82) is 0 Å². The highest BCUT2D eigenvalue weighted by atomic mass is 28.4. The monoisotopic (exact) mass is 465 g/mol. The van der Waals surface area contributed by atoms with Crippen molar-refractivity contribution in [3.63, 3.8) is 0 Å². The second-order valence-corrected chi connectivity index (χ2v) is 15.5. The maximum atomic E-state index is 7.08. The summed E-state index contributed by atoms with van der Waals surface area (Å²) in [6.45, 7) is 8.63. The van der Waals surface area contributed by atoms with Crippen LogP contribution < -0.4 is 10.4 Å². The maximum absolute atomic E-state index is 7.08. The Labute approximate surface area is 199 Å². The second-order valence-electron chi connectivity index (χ2n) is 11.2. The van der Waals surface area contributed by atoms with E-state index in [-0.39, 0.29) is 11.1 Å². The molecule has 0 amide bonds. The lowest BCUT2D eigenvalue weighted by Gasteiger charge is -2.43. The number of ether oxygens (including phenoxy) is 2. The lowest BCUT2D eigenvalue weighted by Crippen LogP contribution is -2.66. The number of epoxide rings is 2. The van der Waals surface area contributed by atoms with Gasteiger partial charge >= 0.3 is 0 Å². The van der Waals surface area contributed by atoms with Crippen molar-refractivity contribution in [2.75, 3.05) is 13.2 Å². The average Bonchev–Trinajstić information content (AvgIpc) is 3.69. The Bertz CT molecular complexity index is 919. The summed E-state index contributed by atoms with van der Waals surface area (Å²) in [6, 6.07) is 21.8. The molecule has 0 saturated carbocycles. The van der Waals surface area contributed by atoms with E-state index >= 15 is 0 Å². The smallest absolute Gasteiger partial charge is 0.261 e. The topological polar surface area (TPSA) is 33.7 Å². The Morgan fingerprint density at radius 2 is 1.61 bits per heavy atom. The van der Waals surface area contributed by atoms with Crippen molar-refractivity contribution >= 4 is 18.7 Å². The zero-order valence-electron chi connectivity index (χ0n) is 20.1. The molecule has 2 aromatic carbocycles.